The van der Waals surface area contributed by atoms with Crippen LogP contribution in [0.1, 0.15) is 159 Å². The Morgan fingerprint density at radius 1 is 0.728 bits per heavy atom. The Kier molecular flexibility index (Phi) is 27.4. The van der Waals surface area contributed by atoms with E-state index in [-0.39, 0.29) is 62.4 Å². The largest absolute Gasteiger partial charge is 0.391 e. The molecule has 2 unspecified atom stereocenters. The van der Waals surface area contributed by atoms with Gasteiger partial charge in [-0.1, -0.05) is 102 Å². The number of nitrogens with zero attached hydrogens (tertiary/aromatic N) is 8. The average Bonchev–Trinajstić information content (AvgIpc) is 0.732. The Balaban J connectivity index is 1.60. The number of hydrogen-bond donors (Lipinski definition) is 3. The van der Waals surface area contributed by atoms with Gasteiger partial charge in [-0.15, -0.1) is 0 Å². The molecule has 1 saturated heterocycles. The maximum atomic E-state index is 15.3. The molecule has 92 heavy (non-hydrogen) atoms. The van der Waals surface area contributed by atoms with Gasteiger partial charge in [0, 0.05) is 81.7 Å². The SMILES string of the molecule is C=C1CCC(=O)N(C)[C@@H](Cc2ccccc2)C(=O)N(C)CC(=O)N(C)[C@H]2CC(C(C)C)(N[C@@H]([C@@H](C)O)C(=O)N(C)[C@@H](C)C(=O)N(C)[C@@H](CC(C)C)C(=O)N(C)[C@@H]([C@@H](C)CC)C(=O)N[C@@H](COC(C)(C)C)C(=O)N(C)[C@H](C(=O)N3CCCCC3)CC3=CC1CCC3)C2=O. The number of piperidine rings is 1. The number of Topliss-reactive ketones (excluding diaryl/α,β-unsaturated/α-hetero) is 1. The molecule has 0 radical (unpaired) electrons. The van der Waals surface area contributed by atoms with Gasteiger partial charge in [0.1, 0.15) is 42.3 Å². The van der Waals surface area contributed by atoms with Crippen molar-refractivity contribution in [1.29, 1.82) is 0 Å². The number of rotatable bonds is 11. The number of nitrogens with one attached hydrogen (secondary N) is 2. The van der Waals surface area contributed by atoms with Crippen molar-refractivity contribution in [2.24, 2.45) is 23.7 Å². The molecule has 22 heteroatoms. The highest BCUT2D eigenvalue weighted by molar-refractivity contribution is 6.03. The number of fused-ring (bicyclic) bond motifs is 27. The van der Waals surface area contributed by atoms with E-state index in [1.54, 1.807) is 27.9 Å². The predicted molar refractivity (Wildman–Crippen MR) is 354 cm³/mol. The summed E-state index contributed by atoms with van der Waals surface area (Å²) in [5.41, 5.74) is 0.368. The van der Waals surface area contributed by atoms with Gasteiger partial charge in [0.15, 0.2) is 5.78 Å². The van der Waals surface area contributed by atoms with Crippen molar-refractivity contribution in [3.63, 3.8) is 0 Å². The van der Waals surface area contributed by atoms with Crippen LogP contribution < -0.4 is 10.6 Å². The van der Waals surface area contributed by atoms with Crippen LogP contribution in [0.3, 0.4) is 0 Å². The number of aliphatic hydroxyl groups is 1. The van der Waals surface area contributed by atoms with Crippen molar-refractivity contribution < 1.29 is 57.8 Å². The molecule has 0 aromatic heterocycles. The van der Waals surface area contributed by atoms with E-state index < -0.39 is 131 Å². The molecule has 0 spiro atoms. The van der Waals surface area contributed by atoms with E-state index in [0.717, 1.165) is 53.7 Å². The lowest BCUT2D eigenvalue weighted by Gasteiger charge is -2.53. The van der Waals surface area contributed by atoms with Gasteiger partial charge in [0.25, 0.3) is 0 Å². The summed E-state index contributed by atoms with van der Waals surface area (Å²) in [5, 5.41) is 17.5. The quantitative estimate of drug-likeness (QED) is 0.190. The molecule has 9 amide bonds. The molecule has 1 aromatic rings. The lowest BCUT2D eigenvalue weighted by Crippen LogP contribution is -2.76. The maximum absolute atomic E-state index is 15.3. The number of likely N-dealkylation sites (N-methyl/N-ethyl adjacent to an activating group) is 7. The first-order valence-electron chi connectivity index (χ1n) is 33.5. The van der Waals surface area contributed by atoms with Crippen molar-refractivity contribution >= 4 is 58.9 Å². The van der Waals surface area contributed by atoms with Gasteiger partial charge in [-0.05, 0) is 122 Å². The number of amides is 9. The number of ether oxygens (including phenoxy) is 1. The van der Waals surface area contributed by atoms with Crippen LogP contribution in [0.2, 0.25) is 0 Å². The van der Waals surface area contributed by atoms with E-state index in [1.807, 2.05) is 83.7 Å². The van der Waals surface area contributed by atoms with Crippen LogP contribution in [0.15, 0.2) is 54.1 Å². The Hall–Kier alpha value is -6.52. The zero-order chi connectivity index (χ0) is 69.0. The molecule has 1 aromatic carbocycles. The third kappa shape index (κ3) is 18.7. The number of benzene rings is 1. The van der Waals surface area contributed by atoms with Crippen LogP contribution in [0.25, 0.3) is 0 Å². The average molecular weight is 1290 g/mol. The zero-order valence-corrected chi connectivity index (χ0v) is 58.7. The van der Waals surface area contributed by atoms with E-state index in [1.165, 1.54) is 78.5 Å². The van der Waals surface area contributed by atoms with E-state index in [0.29, 0.717) is 32.4 Å². The monoisotopic (exact) mass is 1280 g/mol. The van der Waals surface area contributed by atoms with Crippen LogP contribution >= 0.6 is 0 Å². The third-order valence-electron chi connectivity index (χ3n) is 19.9. The molecule has 1 saturated carbocycles. The fourth-order valence-corrected chi connectivity index (χ4v) is 13.2. The van der Waals surface area contributed by atoms with Crippen molar-refractivity contribution in [3.05, 3.63) is 59.7 Å². The molecule has 2 aliphatic carbocycles. The predicted octanol–water partition coefficient (Wildman–Crippen LogP) is 5.25. The van der Waals surface area contributed by atoms with Crippen LogP contribution in [0.4, 0.5) is 0 Å². The van der Waals surface area contributed by atoms with Gasteiger partial charge in [0.05, 0.1) is 36.4 Å². The smallest absolute Gasteiger partial charge is 0.247 e. The summed E-state index contributed by atoms with van der Waals surface area (Å²) in [6.45, 7) is 24.3. The van der Waals surface area contributed by atoms with Gasteiger partial charge in [-0.3, -0.25) is 53.3 Å². The fourth-order valence-electron chi connectivity index (χ4n) is 13.2. The summed E-state index contributed by atoms with van der Waals surface area (Å²) < 4.78 is 6.27. The molecule has 22 nitrogen and oxygen atoms in total. The first-order valence-corrected chi connectivity index (χ1v) is 33.5. The van der Waals surface area contributed by atoms with Gasteiger partial charge in [0.2, 0.25) is 53.2 Å². The molecule has 3 heterocycles. The summed E-state index contributed by atoms with van der Waals surface area (Å²) in [7, 11) is 10.5. The number of carbonyl (C=O) groups is 10. The summed E-state index contributed by atoms with van der Waals surface area (Å²) in [6, 6.07) is 0.0608. The first kappa shape index (κ1) is 76.2. The summed E-state index contributed by atoms with van der Waals surface area (Å²) in [4.78, 5) is 159. The molecule has 12 atom stereocenters. The number of aliphatic hydroxyl groups excluding tert-OH is 1. The second-order valence-corrected chi connectivity index (χ2v) is 28.5. The van der Waals surface area contributed by atoms with Crippen molar-refractivity contribution in [1.82, 2.24) is 49.8 Å². The summed E-state index contributed by atoms with van der Waals surface area (Å²) >= 11 is 0. The number of ketones is 1. The van der Waals surface area contributed by atoms with Gasteiger partial charge in [-0.25, -0.2) is 0 Å². The van der Waals surface area contributed by atoms with Crippen molar-refractivity contribution in [2.45, 2.75) is 225 Å². The minimum atomic E-state index is -1.42. The van der Waals surface area contributed by atoms with Crippen LogP contribution in [-0.4, -0.2) is 244 Å². The Labute approximate surface area is 548 Å². The minimum absolute atomic E-state index is 0.0256. The van der Waals surface area contributed by atoms with Crippen LogP contribution in [0, 0.1) is 23.7 Å². The van der Waals surface area contributed by atoms with E-state index >= 15 is 14.4 Å². The minimum Gasteiger partial charge on any atom is -0.391 e. The maximum Gasteiger partial charge on any atom is 0.247 e. The van der Waals surface area contributed by atoms with Gasteiger partial charge < -0.3 is 54.4 Å². The highest BCUT2D eigenvalue weighted by Crippen LogP contribution is 2.39. The molecule has 2 fully saturated rings. The van der Waals surface area contributed by atoms with Gasteiger partial charge in [-0.2, -0.15) is 0 Å². The topological polar surface area (TPSA) is 250 Å². The highest BCUT2D eigenvalue weighted by atomic mass is 16.5. The number of likely N-dealkylation sites (tertiary alicyclic amines) is 1. The second kappa shape index (κ2) is 33.0. The lowest BCUT2D eigenvalue weighted by atomic mass is 9.63. The highest BCUT2D eigenvalue weighted by Gasteiger charge is 2.59. The summed E-state index contributed by atoms with van der Waals surface area (Å²) in [6.07, 6.45) is 6.80. The standard InChI is InChI=1S/C70H112N10O12/c1-20-45(6)60-62(85)71-52(42-92-69(10,11)12)64(87)78(18)55(67(90)80-34-25-22-26-35-80)39-50-30-27-31-51(37-50)46(7)32-33-57(82)75(15)54(38-49-28-23-21-24-29-49)65(88)73(13)41-58(83)76(16)56-40-70(44(4)5,61(56)84)72-59(48(9)81)68(91)74(14)47(8)63(86)77(17)53(36-43(2)3)66(89)79(60)19/h21,23-24,28-29,37,43-45,47-48,51-56,59-60,72,81H,7,20,22,25-27,30-36,38-42H2,1-6,8-19H3,(H,71,85)/t45-,47-,48+,51?,52-,53-,54-,55-,56-,59-,60-,70?/m0/s1. The van der Waals surface area contributed by atoms with E-state index in [4.69, 9.17) is 4.74 Å². The Bertz CT molecular complexity index is 2830. The lowest BCUT2D eigenvalue weighted by molar-refractivity contribution is -0.158. The Morgan fingerprint density at radius 3 is 1.92 bits per heavy atom. The van der Waals surface area contributed by atoms with E-state index in [9.17, 15) is 38.7 Å². The summed E-state index contributed by atoms with van der Waals surface area (Å²) in [5.74, 6) is -6.30. The Morgan fingerprint density at radius 2 is 1.36 bits per heavy atom. The first-order chi connectivity index (χ1) is 43.0. The third-order valence-corrected chi connectivity index (χ3v) is 19.9. The normalized spacial score (nSPS) is 28.7. The molecule has 4 bridgehead atoms. The van der Waals surface area contributed by atoms with Crippen molar-refractivity contribution in [3.8, 4) is 0 Å². The molecular formula is C70H112N10O12. The van der Waals surface area contributed by atoms with Crippen LogP contribution in [0.5, 0.6) is 0 Å². The van der Waals surface area contributed by atoms with Gasteiger partial charge >= 0.3 is 0 Å². The van der Waals surface area contributed by atoms with Crippen LogP contribution in [-0.2, 0) is 59.1 Å². The van der Waals surface area contributed by atoms with E-state index in [2.05, 4.69) is 23.3 Å². The fraction of sp³-hybridized carbons (Fsp3) is 0.714. The molecule has 3 N–H and O–H groups in total. The number of allylic oxidation sites excluding steroid dienone is 2. The zero-order valence-electron chi connectivity index (χ0n) is 58.7. The van der Waals surface area contributed by atoms with Crippen molar-refractivity contribution in [2.75, 3.05) is 75.6 Å². The second-order valence-electron chi connectivity index (χ2n) is 28.5. The number of carbonyl (C=O) groups excluding carboxylic acids is 10. The molecular weight excluding hydrogens is 1170 g/mol. The molecule has 5 aliphatic rings. The molecule has 514 valence electrons. The molecule has 6 rings (SSSR count). The molecule has 3 aliphatic heterocycles. The number of hydrogen-bond acceptors (Lipinski definition) is 13.